The lowest BCUT2D eigenvalue weighted by Gasteiger charge is -2.21. The molecule has 0 bridgehead atoms. The average Bonchev–Trinajstić information content (AvgIpc) is 3.00. The lowest BCUT2D eigenvalue weighted by atomic mass is 9.76. The number of ether oxygens (including phenoxy) is 1. The molecule has 1 unspecified atom stereocenters. The highest BCUT2D eigenvalue weighted by Crippen LogP contribution is 2.52. The van der Waals surface area contributed by atoms with Crippen LogP contribution in [0.4, 0.5) is 5.69 Å². The summed E-state index contributed by atoms with van der Waals surface area (Å²) in [6.07, 6.45) is 0. The van der Waals surface area contributed by atoms with Crippen molar-refractivity contribution in [3.05, 3.63) is 53.1 Å². The monoisotopic (exact) mass is 292 g/mol. The van der Waals surface area contributed by atoms with E-state index in [2.05, 4.69) is 0 Å². The van der Waals surface area contributed by atoms with Gasteiger partial charge < -0.3 is 14.7 Å². The highest BCUT2D eigenvalue weighted by Gasteiger charge is 2.56. The van der Waals surface area contributed by atoms with E-state index in [1.165, 1.54) is 6.07 Å². The van der Waals surface area contributed by atoms with Crippen molar-refractivity contribution in [2.24, 2.45) is 0 Å². The van der Waals surface area contributed by atoms with Crippen molar-refractivity contribution < 1.29 is 14.6 Å². The molecule has 1 amide bonds. The maximum atomic E-state index is 12.9. The first kappa shape index (κ1) is 12.7. The summed E-state index contributed by atoms with van der Waals surface area (Å²) in [5.41, 5.74) is 1.57. The van der Waals surface area contributed by atoms with Crippen molar-refractivity contribution in [2.75, 3.05) is 18.6 Å². The zero-order valence-corrected chi connectivity index (χ0v) is 11.8. The molecule has 2 aromatic carbocycles. The van der Waals surface area contributed by atoms with Gasteiger partial charge in [0.05, 0.1) is 5.56 Å². The molecular formula is C17H12N2O3. The SMILES string of the molecule is CN1C(=O)C2(COc3cc(O)c(C#N)cc32)c2ccccc21. The first-order valence-corrected chi connectivity index (χ1v) is 6.87. The van der Waals surface area contributed by atoms with Crippen LogP contribution in [0.1, 0.15) is 16.7 Å². The fraction of sp³-hybridized carbons (Fsp3) is 0.176. The van der Waals surface area contributed by atoms with Gasteiger partial charge >= 0.3 is 0 Å². The quantitative estimate of drug-likeness (QED) is 0.805. The second kappa shape index (κ2) is 4.01. The largest absolute Gasteiger partial charge is 0.506 e. The van der Waals surface area contributed by atoms with Gasteiger partial charge in [-0.1, -0.05) is 18.2 Å². The highest BCUT2D eigenvalue weighted by molar-refractivity contribution is 6.11. The molecule has 0 aliphatic carbocycles. The van der Waals surface area contributed by atoms with Crippen LogP contribution >= 0.6 is 0 Å². The van der Waals surface area contributed by atoms with E-state index < -0.39 is 5.41 Å². The molecule has 1 spiro atoms. The van der Waals surface area contributed by atoms with Crippen molar-refractivity contribution in [1.29, 1.82) is 5.26 Å². The summed E-state index contributed by atoms with van der Waals surface area (Å²) < 4.78 is 5.68. The molecule has 2 aliphatic heterocycles. The predicted octanol–water partition coefficient (Wildman–Crippen LogP) is 1.92. The summed E-state index contributed by atoms with van der Waals surface area (Å²) in [5.74, 6) is 0.238. The molecule has 1 N–H and O–H groups in total. The van der Waals surface area contributed by atoms with E-state index in [0.29, 0.717) is 11.3 Å². The molecule has 0 saturated heterocycles. The third-order valence-corrected chi connectivity index (χ3v) is 4.52. The maximum absolute atomic E-state index is 12.9. The summed E-state index contributed by atoms with van der Waals surface area (Å²) in [6, 6.07) is 12.5. The van der Waals surface area contributed by atoms with Crippen molar-refractivity contribution >= 4 is 11.6 Å². The van der Waals surface area contributed by atoms with E-state index in [1.807, 2.05) is 30.3 Å². The van der Waals surface area contributed by atoms with E-state index in [0.717, 1.165) is 11.3 Å². The number of nitriles is 1. The van der Waals surface area contributed by atoms with Crippen LogP contribution in [0.2, 0.25) is 0 Å². The van der Waals surface area contributed by atoms with E-state index in [-0.39, 0.29) is 23.8 Å². The molecule has 4 rings (SSSR count). The van der Waals surface area contributed by atoms with E-state index in [9.17, 15) is 9.90 Å². The number of para-hydroxylation sites is 1. The number of carbonyl (C=O) groups excluding carboxylic acids is 1. The molecule has 108 valence electrons. The number of rotatable bonds is 0. The Morgan fingerprint density at radius 1 is 1.32 bits per heavy atom. The van der Waals surface area contributed by atoms with Gasteiger partial charge in [-0.3, -0.25) is 4.79 Å². The summed E-state index contributed by atoms with van der Waals surface area (Å²) in [7, 11) is 1.74. The van der Waals surface area contributed by atoms with Crippen LogP contribution in [-0.2, 0) is 10.2 Å². The molecule has 22 heavy (non-hydrogen) atoms. The summed E-state index contributed by atoms with van der Waals surface area (Å²) in [4.78, 5) is 14.6. The Hall–Kier alpha value is -3.00. The number of hydrogen-bond donors (Lipinski definition) is 1. The Balaban J connectivity index is 2.04. The summed E-state index contributed by atoms with van der Waals surface area (Å²) >= 11 is 0. The van der Waals surface area contributed by atoms with Gasteiger partial charge in [0.15, 0.2) is 0 Å². The van der Waals surface area contributed by atoms with Gasteiger partial charge in [0.2, 0.25) is 5.91 Å². The number of anilines is 1. The van der Waals surface area contributed by atoms with Crippen LogP contribution in [0.15, 0.2) is 36.4 Å². The normalized spacial score (nSPS) is 21.5. The first-order chi connectivity index (χ1) is 10.6. The Kier molecular flexibility index (Phi) is 2.32. The molecule has 5 nitrogen and oxygen atoms in total. The summed E-state index contributed by atoms with van der Waals surface area (Å²) in [6.45, 7) is 0.177. The lowest BCUT2D eigenvalue weighted by molar-refractivity contribution is -0.121. The maximum Gasteiger partial charge on any atom is 0.245 e. The predicted molar refractivity (Wildman–Crippen MR) is 78.9 cm³/mol. The number of amides is 1. The number of benzene rings is 2. The van der Waals surface area contributed by atoms with Gasteiger partial charge in [0, 0.05) is 24.4 Å². The van der Waals surface area contributed by atoms with Gasteiger partial charge in [0.1, 0.15) is 29.6 Å². The fourth-order valence-electron chi connectivity index (χ4n) is 3.41. The van der Waals surface area contributed by atoms with Crippen molar-refractivity contribution in [3.8, 4) is 17.6 Å². The third kappa shape index (κ3) is 1.29. The molecule has 2 aliphatic rings. The van der Waals surface area contributed by atoms with Gasteiger partial charge in [-0.05, 0) is 17.7 Å². The number of nitrogens with zero attached hydrogens (tertiary/aromatic N) is 2. The minimum atomic E-state index is -0.931. The smallest absolute Gasteiger partial charge is 0.245 e. The van der Waals surface area contributed by atoms with Crippen LogP contribution in [0, 0.1) is 11.3 Å². The molecule has 1 atom stereocenters. The lowest BCUT2D eigenvalue weighted by Crippen LogP contribution is -2.41. The highest BCUT2D eigenvalue weighted by atomic mass is 16.5. The Morgan fingerprint density at radius 2 is 2.09 bits per heavy atom. The number of carbonyl (C=O) groups is 1. The molecule has 0 saturated carbocycles. The topological polar surface area (TPSA) is 73.6 Å². The zero-order chi connectivity index (χ0) is 15.5. The second-order valence-corrected chi connectivity index (χ2v) is 5.55. The van der Waals surface area contributed by atoms with Crippen molar-refractivity contribution in [2.45, 2.75) is 5.41 Å². The van der Waals surface area contributed by atoms with Crippen LogP contribution in [-0.4, -0.2) is 24.7 Å². The van der Waals surface area contributed by atoms with Gasteiger partial charge in [0.25, 0.3) is 0 Å². The number of aromatic hydroxyl groups is 1. The van der Waals surface area contributed by atoms with Crippen LogP contribution in [0.3, 0.4) is 0 Å². The van der Waals surface area contributed by atoms with Crippen LogP contribution in [0.5, 0.6) is 11.5 Å². The number of hydrogen-bond acceptors (Lipinski definition) is 4. The van der Waals surface area contributed by atoms with Crippen molar-refractivity contribution in [3.63, 3.8) is 0 Å². The number of likely N-dealkylation sites (N-methyl/N-ethyl adjacent to an activating group) is 1. The fourth-order valence-corrected chi connectivity index (χ4v) is 3.41. The number of fused-ring (bicyclic) bond motifs is 4. The van der Waals surface area contributed by atoms with E-state index in [1.54, 1.807) is 18.0 Å². The first-order valence-electron chi connectivity index (χ1n) is 6.87. The minimum Gasteiger partial charge on any atom is -0.506 e. The Labute approximate surface area is 127 Å². The number of phenols is 1. The van der Waals surface area contributed by atoms with Gasteiger partial charge in [-0.2, -0.15) is 5.26 Å². The average molecular weight is 292 g/mol. The molecule has 0 radical (unpaired) electrons. The minimum absolute atomic E-state index is 0.0815. The zero-order valence-electron chi connectivity index (χ0n) is 11.8. The van der Waals surface area contributed by atoms with E-state index in [4.69, 9.17) is 10.00 Å². The standard InChI is InChI=1S/C17H12N2O3/c1-19-13-5-3-2-4-11(13)17(16(19)21)9-22-15-7-14(20)10(8-18)6-12(15)17/h2-7,20H,9H2,1H3. The van der Waals surface area contributed by atoms with Crippen LogP contribution in [0.25, 0.3) is 0 Å². The molecule has 2 heterocycles. The molecule has 5 heteroatoms. The Bertz CT molecular complexity index is 869. The molecule has 0 fully saturated rings. The molecule has 2 aromatic rings. The van der Waals surface area contributed by atoms with Gasteiger partial charge in [-0.25, -0.2) is 0 Å². The Morgan fingerprint density at radius 3 is 2.86 bits per heavy atom. The molecule has 0 aromatic heterocycles. The van der Waals surface area contributed by atoms with Crippen molar-refractivity contribution in [1.82, 2.24) is 0 Å². The van der Waals surface area contributed by atoms with Crippen LogP contribution < -0.4 is 9.64 Å². The second-order valence-electron chi connectivity index (χ2n) is 5.55. The third-order valence-electron chi connectivity index (χ3n) is 4.52. The molecular weight excluding hydrogens is 280 g/mol. The number of phenolic OH excluding ortho intramolecular Hbond substituents is 1. The summed E-state index contributed by atoms with van der Waals surface area (Å²) in [5, 5.41) is 19.0. The van der Waals surface area contributed by atoms with E-state index >= 15 is 0 Å². The van der Waals surface area contributed by atoms with Gasteiger partial charge in [-0.15, -0.1) is 0 Å².